The second-order valence-electron chi connectivity index (χ2n) is 2.91. The van der Waals surface area contributed by atoms with E-state index >= 15 is 0 Å². The Labute approximate surface area is 94.1 Å². The Kier molecular flexibility index (Phi) is 5.42. The van der Waals surface area contributed by atoms with E-state index in [0.717, 1.165) is 13.8 Å². The summed E-state index contributed by atoms with van der Waals surface area (Å²) in [5.41, 5.74) is 0. The van der Waals surface area contributed by atoms with Gasteiger partial charge in [0.15, 0.2) is 0 Å². The predicted molar refractivity (Wildman–Crippen MR) is 46.4 cm³/mol. The molecule has 1 atom stereocenters. The summed E-state index contributed by atoms with van der Waals surface area (Å²) >= 11 is 0. The van der Waals surface area contributed by atoms with Crippen molar-refractivity contribution in [2.75, 3.05) is 6.79 Å². The van der Waals surface area contributed by atoms with E-state index in [-0.39, 0.29) is 0 Å². The van der Waals surface area contributed by atoms with Crippen molar-refractivity contribution >= 4 is 17.8 Å². The van der Waals surface area contributed by atoms with Gasteiger partial charge in [-0.05, 0) is 6.92 Å². The molecule has 0 aromatic carbocycles. The Morgan fingerprint density at radius 1 is 1.24 bits per heavy atom. The lowest BCUT2D eigenvalue weighted by Gasteiger charge is -2.14. The summed E-state index contributed by atoms with van der Waals surface area (Å²) in [6.45, 7) is 1.34. The molecular formula is C8H10F3NO5. The van der Waals surface area contributed by atoms with Crippen molar-refractivity contribution in [1.82, 2.24) is 5.32 Å². The molecule has 0 aromatic rings. The van der Waals surface area contributed by atoms with E-state index in [4.69, 9.17) is 0 Å². The molecule has 1 amide bonds. The molecule has 0 heterocycles. The number of hydrogen-bond donors (Lipinski definition) is 1. The zero-order valence-electron chi connectivity index (χ0n) is 8.96. The first-order chi connectivity index (χ1) is 7.64. The highest BCUT2D eigenvalue weighted by molar-refractivity contribution is 5.87. The van der Waals surface area contributed by atoms with Crippen molar-refractivity contribution in [3.05, 3.63) is 0 Å². The first kappa shape index (κ1) is 15.2. The first-order valence-electron chi connectivity index (χ1n) is 4.32. The maximum absolute atomic E-state index is 11.8. The summed E-state index contributed by atoms with van der Waals surface area (Å²) in [7, 11) is 0. The smallest absolute Gasteiger partial charge is 0.428 e. The van der Waals surface area contributed by atoms with Crippen molar-refractivity contribution in [2.24, 2.45) is 0 Å². The molecule has 1 N–H and O–H groups in total. The molecule has 0 aromatic heterocycles. The van der Waals surface area contributed by atoms with Crippen molar-refractivity contribution in [3.8, 4) is 0 Å². The van der Waals surface area contributed by atoms with Crippen molar-refractivity contribution < 1.29 is 37.0 Å². The zero-order chi connectivity index (χ0) is 13.6. The molecule has 0 radical (unpaired) electrons. The van der Waals surface area contributed by atoms with Crippen molar-refractivity contribution in [1.29, 1.82) is 0 Å². The van der Waals surface area contributed by atoms with Gasteiger partial charge >= 0.3 is 24.0 Å². The second kappa shape index (κ2) is 6.06. The van der Waals surface area contributed by atoms with Crippen LogP contribution in [0.15, 0.2) is 0 Å². The van der Waals surface area contributed by atoms with E-state index < -0.39 is 36.9 Å². The minimum absolute atomic E-state index is 0.718. The molecule has 0 rings (SSSR count). The van der Waals surface area contributed by atoms with Crippen LogP contribution in [0.5, 0.6) is 0 Å². The molecule has 17 heavy (non-hydrogen) atoms. The third-order valence-corrected chi connectivity index (χ3v) is 1.42. The fraction of sp³-hybridized carbons (Fsp3) is 0.625. The average molecular weight is 257 g/mol. The van der Waals surface area contributed by atoms with E-state index in [1.54, 1.807) is 0 Å². The Balaban J connectivity index is 4.06. The van der Waals surface area contributed by atoms with Gasteiger partial charge < -0.3 is 14.8 Å². The molecule has 0 saturated carbocycles. The van der Waals surface area contributed by atoms with Gasteiger partial charge in [0.25, 0.3) is 0 Å². The van der Waals surface area contributed by atoms with Crippen LogP contribution in [-0.2, 0) is 23.9 Å². The molecule has 0 aliphatic rings. The monoisotopic (exact) mass is 257 g/mol. The maximum Gasteiger partial charge on any atom is 0.471 e. The van der Waals surface area contributed by atoms with E-state index in [0.29, 0.717) is 0 Å². The van der Waals surface area contributed by atoms with Crippen LogP contribution >= 0.6 is 0 Å². The number of ether oxygens (including phenoxy) is 2. The fourth-order valence-electron chi connectivity index (χ4n) is 0.633. The maximum atomic E-state index is 11.8. The van der Waals surface area contributed by atoms with Crippen molar-refractivity contribution in [3.63, 3.8) is 0 Å². The van der Waals surface area contributed by atoms with Crippen LogP contribution in [0.3, 0.4) is 0 Å². The Morgan fingerprint density at radius 2 is 1.76 bits per heavy atom. The Hall–Kier alpha value is -1.80. The Bertz CT molecular complexity index is 315. The van der Waals surface area contributed by atoms with Gasteiger partial charge in [-0.25, -0.2) is 4.79 Å². The van der Waals surface area contributed by atoms with Crippen LogP contribution < -0.4 is 5.32 Å². The number of carbonyl (C=O) groups excluding carboxylic acids is 3. The minimum atomic E-state index is -5.08. The SMILES string of the molecule is CC(=O)OCOC(=O)[C@H](C)NC(=O)C(F)(F)F. The van der Waals surface area contributed by atoms with Crippen LogP contribution in [-0.4, -0.2) is 36.9 Å². The summed E-state index contributed by atoms with van der Waals surface area (Å²) in [5.74, 6) is -4.12. The normalized spacial score (nSPS) is 12.5. The summed E-state index contributed by atoms with van der Waals surface area (Å²) in [5, 5.41) is 1.38. The molecular weight excluding hydrogens is 247 g/mol. The van der Waals surface area contributed by atoms with Gasteiger partial charge in [0.1, 0.15) is 6.04 Å². The molecule has 9 heteroatoms. The van der Waals surface area contributed by atoms with Crippen LogP contribution in [0, 0.1) is 0 Å². The number of rotatable bonds is 4. The van der Waals surface area contributed by atoms with Gasteiger partial charge in [0, 0.05) is 6.92 Å². The third kappa shape index (κ3) is 6.38. The lowest BCUT2D eigenvalue weighted by atomic mass is 10.3. The molecule has 0 fully saturated rings. The summed E-state index contributed by atoms with van der Waals surface area (Å²) in [6, 6.07) is -1.50. The molecule has 98 valence electrons. The highest BCUT2D eigenvalue weighted by Crippen LogP contribution is 2.14. The van der Waals surface area contributed by atoms with Crippen LogP contribution in [0.4, 0.5) is 13.2 Å². The zero-order valence-corrected chi connectivity index (χ0v) is 8.96. The summed E-state index contributed by atoms with van der Waals surface area (Å²) < 4.78 is 43.9. The highest BCUT2D eigenvalue weighted by Gasteiger charge is 2.40. The molecule has 0 unspecified atom stereocenters. The number of amides is 1. The van der Waals surface area contributed by atoms with Crippen molar-refractivity contribution in [2.45, 2.75) is 26.1 Å². The van der Waals surface area contributed by atoms with Crippen LogP contribution in [0.2, 0.25) is 0 Å². The standard InChI is InChI=1S/C8H10F3NO5/c1-4(12-7(15)8(9,10)11)6(14)17-3-16-5(2)13/h4H,3H2,1-2H3,(H,12,15)/t4-/m0/s1. The molecule has 0 aliphatic heterocycles. The van der Waals surface area contributed by atoms with E-state index in [2.05, 4.69) is 9.47 Å². The van der Waals surface area contributed by atoms with Gasteiger partial charge in [0.05, 0.1) is 0 Å². The molecule has 6 nitrogen and oxygen atoms in total. The highest BCUT2D eigenvalue weighted by atomic mass is 19.4. The number of alkyl halides is 3. The first-order valence-corrected chi connectivity index (χ1v) is 4.32. The quantitative estimate of drug-likeness (QED) is 0.571. The van der Waals surface area contributed by atoms with Gasteiger partial charge in [-0.2, -0.15) is 13.2 Å². The molecule has 0 spiro atoms. The van der Waals surface area contributed by atoms with Gasteiger partial charge in [-0.15, -0.1) is 0 Å². The topological polar surface area (TPSA) is 81.7 Å². The van der Waals surface area contributed by atoms with Gasteiger partial charge in [-0.1, -0.05) is 0 Å². The predicted octanol–water partition coefficient (Wildman–Crippen LogP) is 0.117. The number of esters is 2. The molecule has 0 aliphatic carbocycles. The Morgan fingerprint density at radius 3 is 2.18 bits per heavy atom. The lowest BCUT2D eigenvalue weighted by Crippen LogP contribution is -2.46. The third-order valence-electron chi connectivity index (χ3n) is 1.42. The second-order valence-corrected chi connectivity index (χ2v) is 2.91. The summed E-state index contributed by atoms with van der Waals surface area (Å²) in [4.78, 5) is 31.7. The van der Waals surface area contributed by atoms with E-state index in [1.807, 2.05) is 0 Å². The lowest BCUT2D eigenvalue weighted by molar-refractivity contribution is -0.177. The minimum Gasteiger partial charge on any atom is -0.428 e. The molecule has 0 bridgehead atoms. The largest absolute Gasteiger partial charge is 0.471 e. The van der Waals surface area contributed by atoms with E-state index in [9.17, 15) is 27.6 Å². The average Bonchev–Trinajstić information content (AvgIpc) is 2.15. The van der Waals surface area contributed by atoms with Crippen LogP contribution in [0.25, 0.3) is 0 Å². The number of carbonyl (C=O) groups is 3. The summed E-state index contributed by atoms with van der Waals surface area (Å²) in [6.07, 6.45) is -5.08. The van der Waals surface area contributed by atoms with E-state index in [1.165, 1.54) is 5.32 Å². The fourth-order valence-corrected chi connectivity index (χ4v) is 0.633. The van der Waals surface area contributed by atoms with Gasteiger partial charge in [0.2, 0.25) is 6.79 Å². The number of halogens is 3. The number of nitrogens with one attached hydrogen (secondary N) is 1. The molecule has 0 saturated heterocycles. The van der Waals surface area contributed by atoms with Crippen LogP contribution in [0.1, 0.15) is 13.8 Å². The number of hydrogen-bond acceptors (Lipinski definition) is 5. The van der Waals surface area contributed by atoms with Gasteiger partial charge in [-0.3, -0.25) is 9.59 Å².